The van der Waals surface area contributed by atoms with E-state index in [4.69, 9.17) is 5.11 Å². The first-order chi connectivity index (χ1) is 6.22. The van der Waals surface area contributed by atoms with Crippen LogP contribution in [-0.2, 0) is 0 Å². The Kier molecular flexibility index (Phi) is 4.16. The molecule has 0 bridgehead atoms. The van der Waals surface area contributed by atoms with Crippen molar-refractivity contribution in [2.24, 2.45) is 5.41 Å². The van der Waals surface area contributed by atoms with E-state index < -0.39 is 0 Å². The fourth-order valence-corrected chi connectivity index (χ4v) is 1.58. The highest BCUT2D eigenvalue weighted by Gasteiger charge is 2.41. The van der Waals surface area contributed by atoms with Gasteiger partial charge in [-0.3, -0.25) is 0 Å². The normalized spacial score (nSPS) is 21.5. The van der Waals surface area contributed by atoms with Gasteiger partial charge < -0.3 is 15.5 Å². The molecule has 1 saturated carbocycles. The van der Waals surface area contributed by atoms with Crippen molar-refractivity contribution in [3.05, 3.63) is 0 Å². The molecular weight excluding hydrogens is 166 g/mol. The van der Waals surface area contributed by atoms with Crippen molar-refractivity contribution in [1.29, 1.82) is 0 Å². The van der Waals surface area contributed by atoms with Crippen molar-refractivity contribution in [3.63, 3.8) is 0 Å². The van der Waals surface area contributed by atoms with E-state index in [-0.39, 0.29) is 12.7 Å². The van der Waals surface area contributed by atoms with Crippen molar-refractivity contribution in [2.75, 3.05) is 19.7 Å². The van der Waals surface area contributed by atoms with Crippen LogP contribution in [0.5, 0.6) is 0 Å². The minimum absolute atomic E-state index is 0.218. The largest absolute Gasteiger partial charge is 0.396 e. The van der Waals surface area contributed by atoms with Gasteiger partial charge >= 0.3 is 0 Å². The molecule has 13 heavy (non-hydrogen) atoms. The quantitative estimate of drug-likeness (QED) is 0.544. The zero-order valence-corrected chi connectivity index (χ0v) is 8.42. The van der Waals surface area contributed by atoms with Gasteiger partial charge in [-0.15, -0.1) is 0 Å². The van der Waals surface area contributed by atoms with Gasteiger partial charge in [-0.25, -0.2) is 0 Å². The number of hydrogen-bond acceptors (Lipinski definition) is 3. The summed E-state index contributed by atoms with van der Waals surface area (Å²) in [4.78, 5) is 0. The van der Waals surface area contributed by atoms with E-state index in [1.807, 2.05) is 6.92 Å². The summed E-state index contributed by atoms with van der Waals surface area (Å²) in [5, 5.41) is 21.4. The van der Waals surface area contributed by atoms with E-state index >= 15 is 0 Å². The second-order valence-electron chi connectivity index (χ2n) is 4.17. The Labute approximate surface area is 80.2 Å². The molecule has 0 aromatic rings. The molecule has 78 valence electrons. The molecule has 1 unspecified atom stereocenters. The number of nitrogens with one attached hydrogen (secondary N) is 1. The molecule has 1 fully saturated rings. The van der Waals surface area contributed by atoms with E-state index in [2.05, 4.69) is 5.32 Å². The molecule has 0 heterocycles. The molecular formula is C10H21NO2. The van der Waals surface area contributed by atoms with Crippen LogP contribution in [0.2, 0.25) is 0 Å². The summed E-state index contributed by atoms with van der Waals surface area (Å²) in [5.74, 6) is 0. The van der Waals surface area contributed by atoms with Crippen molar-refractivity contribution in [1.82, 2.24) is 5.32 Å². The highest BCUT2D eigenvalue weighted by Crippen LogP contribution is 2.47. The Bertz CT molecular complexity index is 146. The van der Waals surface area contributed by atoms with Gasteiger partial charge in [0.2, 0.25) is 0 Å². The SMILES string of the molecule is CCC(O)CNCC1(CCO)CC1. The molecule has 1 atom stereocenters. The van der Waals surface area contributed by atoms with Gasteiger partial charge in [-0.05, 0) is 31.1 Å². The molecule has 0 aliphatic heterocycles. The van der Waals surface area contributed by atoms with Gasteiger partial charge in [0.25, 0.3) is 0 Å². The summed E-state index contributed by atoms with van der Waals surface area (Å²) in [5.41, 5.74) is 0.363. The summed E-state index contributed by atoms with van der Waals surface area (Å²) >= 11 is 0. The highest BCUT2D eigenvalue weighted by atomic mass is 16.3. The lowest BCUT2D eigenvalue weighted by Crippen LogP contribution is -2.31. The summed E-state index contributed by atoms with van der Waals surface area (Å²) in [6.07, 6.45) is 3.94. The van der Waals surface area contributed by atoms with E-state index in [0.717, 1.165) is 19.4 Å². The number of aliphatic hydroxyl groups is 2. The maximum atomic E-state index is 9.29. The molecule has 0 spiro atoms. The van der Waals surface area contributed by atoms with Crippen LogP contribution in [0.1, 0.15) is 32.6 Å². The summed E-state index contributed by atoms with van der Waals surface area (Å²) < 4.78 is 0. The molecule has 0 saturated heterocycles. The Balaban J connectivity index is 2.05. The molecule has 0 radical (unpaired) electrons. The first kappa shape index (κ1) is 11.0. The van der Waals surface area contributed by atoms with Gasteiger partial charge in [0, 0.05) is 19.7 Å². The molecule has 3 nitrogen and oxygen atoms in total. The van der Waals surface area contributed by atoms with Crippen molar-refractivity contribution in [3.8, 4) is 0 Å². The van der Waals surface area contributed by atoms with Gasteiger partial charge in [0.1, 0.15) is 0 Å². The molecule has 1 aliphatic rings. The van der Waals surface area contributed by atoms with Gasteiger partial charge in [-0.2, -0.15) is 0 Å². The van der Waals surface area contributed by atoms with Crippen LogP contribution in [0, 0.1) is 5.41 Å². The third kappa shape index (κ3) is 3.63. The molecule has 1 aliphatic carbocycles. The number of aliphatic hydroxyl groups excluding tert-OH is 2. The standard InChI is InChI=1S/C10H21NO2/c1-2-9(13)7-11-8-10(3-4-10)5-6-12/h9,11-13H,2-8H2,1H3. The molecule has 1 rings (SSSR count). The van der Waals surface area contributed by atoms with Crippen LogP contribution < -0.4 is 5.32 Å². The Morgan fingerprint density at radius 2 is 2.15 bits per heavy atom. The molecule has 0 aromatic heterocycles. The lowest BCUT2D eigenvalue weighted by Gasteiger charge is -2.16. The van der Waals surface area contributed by atoms with Crippen molar-refractivity contribution in [2.45, 2.75) is 38.7 Å². The molecule has 3 N–H and O–H groups in total. The van der Waals surface area contributed by atoms with Gasteiger partial charge in [-0.1, -0.05) is 6.92 Å². The number of rotatable bonds is 7. The maximum Gasteiger partial charge on any atom is 0.0662 e. The second kappa shape index (κ2) is 4.94. The van der Waals surface area contributed by atoms with Crippen LogP contribution >= 0.6 is 0 Å². The molecule has 3 heteroatoms. The first-order valence-corrected chi connectivity index (χ1v) is 5.22. The van der Waals surface area contributed by atoms with E-state index in [1.165, 1.54) is 12.8 Å². The third-order valence-electron chi connectivity index (χ3n) is 2.95. The van der Waals surface area contributed by atoms with Crippen LogP contribution in [-0.4, -0.2) is 36.0 Å². The second-order valence-corrected chi connectivity index (χ2v) is 4.17. The smallest absolute Gasteiger partial charge is 0.0662 e. The number of hydrogen-bond donors (Lipinski definition) is 3. The molecule has 0 aromatic carbocycles. The van der Waals surface area contributed by atoms with Crippen molar-refractivity contribution >= 4 is 0 Å². The summed E-state index contributed by atoms with van der Waals surface area (Å²) in [6.45, 7) is 3.90. The monoisotopic (exact) mass is 187 g/mol. The van der Waals surface area contributed by atoms with E-state index in [9.17, 15) is 5.11 Å². The van der Waals surface area contributed by atoms with E-state index in [0.29, 0.717) is 12.0 Å². The lowest BCUT2D eigenvalue weighted by molar-refractivity contribution is 0.162. The summed E-state index contributed by atoms with van der Waals surface area (Å²) in [7, 11) is 0. The minimum Gasteiger partial charge on any atom is -0.396 e. The zero-order valence-electron chi connectivity index (χ0n) is 8.42. The van der Waals surface area contributed by atoms with Crippen molar-refractivity contribution < 1.29 is 10.2 Å². The topological polar surface area (TPSA) is 52.5 Å². The predicted octanol–water partition coefficient (Wildman–Crippen LogP) is 0.509. The summed E-state index contributed by atoms with van der Waals surface area (Å²) in [6, 6.07) is 0. The average molecular weight is 187 g/mol. The van der Waals surface area contributed by atoms with Crippen LogP contribution in [0.15, 0.2) is 0 Å². The van der Waals surface area contributed by atoms with Crippen LogP contribution in [0.4, 0.5) is 0 Å². The van der Waals surface area contributed by atoms with Gasteiger partial charge in [0.15, 0.2) is 0 Å². The fraction of sp³-hybridized carbons (Fsp3) is 1.00. The van der Waals surface area contributed by atoms with Crippen LogP contribution in [0.25, 0.3) is 0 Å². The predicted molar refractivity (Wildman–Crippen MR) is 52.5 cm³/mol. The van der Waals surface area contributed by atoms with Gasteiger partial charge in [0.05, 0.1) is 6.10 Å². The fourth-order valence-electron chi connectivity index (χ4n) is 1.58. The minimum atomic E-state index is -0.218. The molecule has 0 amide bonds. The Hall–Kier alpha value is -0.120. The Morgan fingerprint density at radius 3 is 2.62 bits per heavy atom. The maximum absolute atomic E-state index is 9.29. The van der Waals surface area contributed by atoms with Crippen LogP contribution in [0.3, 0.4) is 0 Å². The lowest BCUT2D eigenvalue weighted by atomic mass is 10.0. The average Bonchev–Trinajstić information content (AvgIpc) is 2.86. The zero-order chi connectivity index (χ0) is 9.73. The highest BCUT2D eigenvalue weighted by molar-refractivity contribution is 4.94. The third-order valence-corrected chi connectivity index (χ3v) is 2.95. The Morgan fingerprint density at radius 1 is 1.46 bits per heavy atom. The van der Waals surface area contributed by atoms with E-state index in [1.54, 1.807) is 0 Å². The first-order valence-electron chi connectivity index (χ1n) is 5.22.